The normalized spacial score (nSPS) is 11.1. The summed E-state index contributed by atoms with van der Waals surface area (Å²) in [6, 6.07) is 4.16. The van der Waals surface area contributed by atoms with Gasteiger partial charge in [0.15, 0.2) is 0 Å². The molecule has 0 fully saturated rings. The van der Waals surface area contributed by atoms with Gasteiger partial charge in [-0.05, 0) is 18.2 Å². The molecule has 0 saturated heterocycles. The first-order valence-corrected chi connectivity index (χ1v) is 4.65. The van der Waals surface area contributed by atoms with Crippen LogP contribution in [-0.2, 0) is 10.9 Å². The van der Waals surface area contributed by atoms with Crippen molar-refractivity contribution >= 4 is 11.8 Å². The first kappa shape index (κ1) is 13.3. The lowest BCUT2D eigenvalue weighted by Crippen LogP contribution is -2.16. The molecule has 17 heavy (non-hydrogen) atoms. The number of carbonyl (C=O) groups excluding carboxylic acids is 1. The molecule has 7 heteroatoms. The van der Waals surface area contributed by atoms with Gasteiger partial charge in [0.25, 0.3) is 0 Å². The molecule has 0 aliphatic rings. The van der Waals surface area contributed by atoms with Gasteiger partial charge in [-0.3, -0.25) is 5.32 Å². The monoisotopic (exact) mass is 249 g/mol. The number of hydrogen-bond acceptors (Lipinski definition) is 3. The number of alkyl halides is 3. The number of hydrogen-bond donors (Lipinski definition) is 2. The summed E-state index contributed by atoms with van der Waals surface area (Å²) in [5.41, 5.74) is -0.889. The van der Waals surface area contributed by atoms with E-state index in [1.807, 2.05) is 0 Å². The minimum absolute atomic E-state index is 0.0252. The Labute approximate surface area is 95.0 Å². The summed E-state index contributed by atoms with van der Waals surface area (Å²) >= 11 is 0. The molecule has 4 nitrogen and oxygen atoms in total. The molecule has 1 aromatic carbocycles. The maximum atomic E-state index is 12.3. The third-order valence-electron chi connectivity index (χ3n) is 1.76. The molecule has 0 unspecified atom stereocenters. The molecule has 0 saturated carbocycles. The zero-order valence-electron chi connectivity index (χ0n) is 8.62. The van der Waals surface area contributed by atoms with E-state index in [1.54, 1.807) is 0 Å². The van der Waals surface area contributed by atoms with Crippen LogP contribution in [-0.4, -0.2) is 24.4 Å². The maximum Gasteiger partial charge on any atom is 0.416 e. The smallest absolute Gasteiger partial charge is 0.416 e. The number of carbonyl (C=O) groups is 1. The number of nitrogens with one attached hydrogen (secondary N) is 1. The van der Waals surface area contributed by atoms with Gasteiger partial charge in [0.2, 0.25) is 0 Å². The Morgan fingerprint density at radius 3 is 2.71 bits per heavy atom. The molecule has 1 amide bonds. The van der Waals surface area contributed by atoms with Crippen molar-refractivity contribution in [1.82, 2.24) is 0 Å². The molecule has 0 spiro atoms. The van der Waals surface area contributed by atoms with E-state index < -0.39 is 17.8 Å². The van der Waals surface area contributed by atoms with Gasteiger partial charge in [-0.2, -0.15) is 13.2 Å². The number of rotatable bonds is 3. The number of benzene rings is 1. The van der Waals surface area contributed by atoms with Gasteiger partial charge < -0.3 is 9.84 Å². The van der Waals surface area contributed by atoms with Crippen molar-refractivity contribution in [3.63, 3.8) is 0 Å². The van der Waals surface area contributed by atoms with E-state index in [-0.39, 0.29) is 18.9 Å². The van der Waals surface area contributed by atoms with Gasteiger partial charge >= 0.3 is 12.3 Å². The van der Waals surface area contributed by atoms with Crippen LogP contribution < -0.4 is 5.32 Å². The van der Waals surface area contributed by atoms with Crippen LogP contribution in [0.25, 0.3) is 0 Å². The van der Waals surface area contributed by atoms with E-state index in [4.69, 9.17) is 5.11 Å². The lowest BCUT2D eigenvalue weighted by molar-refractivity contribution is -0.137. The molecule has 0 bridgehead atoms. The van der Waals surface area contributed by atoms with Crippen LogP contribution >= 0.6 is 0 Å². The fourth-order valence-corrected chi connectivity index (χ4v) is 1.07. The van der Waals surface area contributed by atoms with E-state index in [9.17, 15) is 18.0 Å². The van der Waals surface area contributed by atoms with Crippen molar-refractivity contribution in [3.05, 3.63) is 29.8 Å². The van der Waals surface area contributed by atoms with Crippen molar-refractivity contribution in [1.29, 1.82) is 0 Å². The molecule has 0 aliphatic heterocycles. The number of amides is 1. The summed E-state index contributed by atoms with van der Waals surface area (Å²) < 4.78 is 41.4. The number of aliphatic hydroxyl groups excluding tert-OH is 1. The largest absolute Gasteiger partial charge is 0.447 e. The minimum Gasteiger partial charge on any atom is -0.447 e. The molecule has 94 valence electrons. The van der Waals surface area contributed by atoms with Crippen LogP contribution in [0.2, 0.25) is 0 Å². The van der Waals surface area contributed by atoms with Crippen LogP contribution in [0.4, 0.5) is 23.7 Å². The number of anilines is 1. The zero-order chi connectivity index (χ0) is 12.9. The van der Waals surface area contributed by atoms with Crippen LogP contribution in [0.1, 0.15) is 5.56 Å². The standard InChI is InChI=1S/C10H10F3NO3/c11-10(12,13)7-2-1-3-8(6-7)14-9(16)17-5-4-15/h1-3,6,15H,4-5H2,(H,14,16). The van der Waals surface area contributed by atoms with Crippen molar-refractivity contribution < 1.29 is 27.8 Å². The van der Waals surface area contributed by atoms with Crippen molar-refractivity contribution in [2.24, 2.45) is 0 Å². The predicted molar refractivity (Wildman–Crippen MR) is 53.5 cm³/mol. The quantitative estimate of drug-likeness (QED) is 0.863. The molecular weight excluding hydrogens is 239 g/mol. The Bertz CT molecular complexity index is 393. The first-order valence-electron chi connectivity index (χ1n) is 4.65. The topological polar surface area (TPSA) is 58.6 Å². The number of halogens is 3. The first-order chi connectivity index (χ1) is 7.93. The van der Waals surface area contributed by atoms with E-state index in [2.05, 4.69) is 10.1 Å². The highest BCUT2D eigenvalue weighted by atomic mass is 19.4. The molecule has 0 atom stereocenters. The summed E-state index contributed by atoms with van der Waals surface area (Å²) in [6.45, 7) is -0.569. The molecule has 1 rings (SSSR count). The highest BCUT2D eigenvalue weighted by Crippen LogP contribution is 2.30. The third kappa shape index (κ3) is 4.31. The maximum absolute atomic E-state index is 12.3. The van der Waals surface area contributed by atoms with Crippen LogP contribution in [0.3, 0.4) is 0 Å². The second kappa shape index (κ2) is 5.53. The Kier molecular flexibility index (Phi) is 4.33. The van der Waals surface area contributed by atoms with E-state index >= 15 is 0 Å². The second-order valence-corrected chi connectivity index (χ2v) is 3.06. The van der Waals surface area contributed by atoms with E-state index in [0.29, 0.717) is 0 Å². The molecule has 0 aliphatic carbocycles. The zero-order valence-corrected chi connectivity index (χ0v) is 8.62. The van der Waals surface area contributed by atoms with Gasteiger partial charge in [0.05, 0.1) is 12.2 Å². The third-order valence-corrected chi connectivity index (χ3v) is 1.76. The van der Waals surface area contributed by atoms with Crippen molar-refractivity contribution in [3.8, 4) is 0 Å². The van der Waals surface area contributed by atoms with Crippen LogP contribution in [0.5, 0.6) is 0 Å². The SMILES string of the molecule is O=C(Nc1cccc(C(F)(F)F)c1)OCCO. The number of ether oxygens (including phenoxy) is 1. The highest BCUT2D eigenvalue weighted by Gasteiger charge is 2.30. The van der Waals surface area contributed by atoms with Gasteiger partial charge in [-0.1, -0.05) is 6.07 Å². The average Bonchev–Trinajstić information content (AvgIpc) is 2.25. The minimum atomic E-state index is -4.47. The van der Waals surface area contributed by atoms with Gasteiger partial charge in [-0.15, -0.1) is 0 Å². The Hall–Kier alpha value is -1.76. The lowest BCUT2D eigenvalue weighted by atomic mass is 10.2. The van der Waals surface area contributed by atoms with Gasteiger partial charge in [0, 0.05) is 5.69 Å². The second-order valence-electron chi connectivity index (χ2n) is 3.06. The Morgan fingerprint density at radius 2 is 2.12 bits per heavy atom. The predicted octanol–water partition coefficient (Wildman–Crippen LogP) is 2.25. The fourth-order valence-electron chi connectivity index (χ4n) is 1.07. The Morgan fingerprint density at radius 1 is 1.41 bits per heavy atom. The van der Waals surface area contributed by atoms with E-state index in [1.165, 1.54) is 12.1 Å². The Balaban J connectivity index is 2.69. The molecular formula is C10H10F3NO3. The molecule has 0 radical (unpaired) electrons. The summed E-state index contributed by atoms with van der Waals surface area (Å²) in [5, 5.41) is 10.5. The van der Waals surface area contributed by atoms with E-state index in [0.717, 1.165) is 12.1 Å². The van der Waals surface area contributed by atoms with Crippen molar-refractivity contribution in [2.45, 2.75) is 6.18 Å². The number of aliphatic hydroxyl groups is 1. The summed E-state index contributed by atoms with van der Waals surface area (Å²) in [6.07, 6.45) is -5.38. The highest BCUT2D eigenvalue weighted by molar-refractivity contribution is 5.84. The summed E-state index contributed by atoms with van der Waals surface area (Å²) in [5.74, 6) is 0. The lowest BCUT2D eigenvalue weighted by Gasteiger charge is -2.09. The molecule has 1 aromatic rings. The molecule has 0 aromatic heterocycles. The molecule has 0 heterocycles. The summed E-state index contributed by atoms with van der Waals surface area (Å²) in [7, 11) is 0. The van der Waals surface area contributed by atoms with Gasteiger partial charge in [0.1, 0.15) is 6.61 Å². The fraction of sp³-hybridized carbons (Fsp3) is 0.300. The van der Waals surface area contributed by atoms with Crippen LogP contribution in [0.15, 0.2) is 24.3 Å². The average molecular weight is 249 g/mol. The van der Waals surface area contributed by atoms with Crippen molar-refractivity contribution in [2.75, 3.05) is 18.5 Å². The van der Waals surface area contributed by atoms with Crippen LogP contribution in [0, 0.1) is 0 Å². The molecule has 2 N–H and O–H groups in total. The van der Waals surface area contributed by atoms with Gasteiger partial charge in [-0.25, -0.2) is 4.79 Å². The summed E-state index contributed by atoms with van der Waals surface area (Å²) in [4.78, 5) is 11.0.